The molecule has 0 aromatic rings. The Balaban J connectivity index is 2.40. The molecule has 0 aromatic carbocycles. The fraction of sp³-hybridized carbons (Fsp3) is 0.800. The lowest BCUT2D eigenvalue weighted by Crippen LogP contribution is -2.46. The molecule has 6 nitrogen and oxygen atoms in total. The highest BCUT2D eigenvalue weighted by molar-refractivity contribution is 5.80. The van der Waals surface area contributed by atoms with Gasteiger partial charge >= 0.3 is 12.0 Å². The van der Waals surface area contributed by atoms with Crippen LogP contribution in [0.2, 0.25) is 0 Å². The van der Waals surface area contributed by atoms with Crippen molar-refractivity contribution in [3.8, 4) is 0 Å². The Kier molecular flexibility index (Phi) is 4.54. The van der Waals surface area contributed by atoms with Gasteiger partial charge in [-0.2, -0.15) is 0 Å². The first-order valence-corrected chi connectivity index (χ1v) is 5.41. The lowest BCUT2D eigenvalue weighted by molar-refractivity contribution is -0.137. The number of likely N-dealkylation sites (N-methyl/N-ethyl adjacent to an activating group) is 1. The predicted octanol–water partition coefficient (Wildman–Crippen LogP) is -0.193. The van der Waals surface area contributed by atoms with Crippen LogP contribution < -0.4 is 5.32 Å². The number of nitrogens with one attached hydrogen (secondary N) is 1. The Morgan fingerprint density at radius 3 is 2.38 bits per heavy atom. The van der Waals surface area contributed by atoms with Crippen LogP contribution in [0, 0.1) is 0 Å². The maximum atomic E-state index is 11.7. The molecule has 2 N–H and O–H groups in total. The van der Waals surface area contributed by atoms with E-state index in [-0.39, 0.29) is 18.6 Å². The van der Waals surface area contributed by atoms with Crippen molar-refractivity contribution in [3.63, 3.8) is 0 Å². The van der Waals surface area contributed by atoms with Crippen LogP contribution >= 0.6 is 0 Å². The third kappa shape index (κ3) is 4.97. The molecule has 1 aliphatic rings. The van der Waals surface area contributed by atoms with Gasteiger partial charge in [0.2, 0.25) is 0 Å². The number of carbonyl (C=O) groups is 2. The van der Waals surface area contributed by atoms with Gasteiger partial charge in [-0.3, -0.25) is 4.79 Å². The van der Waals surface area contributed by atoms with Gasteiger partial charge in [0.1, 0.15) is 6.54 Å². The van der Waals surface area contributed by atoms with Gasteiger partial charge in [0.15, 0.2) is 0 Å². The Morgan fingerprint density at radius 1 is 1.31 bits per heavy atom. The van der Waals surface area contributed by atoms with Gasteiger partial charge < -0.3 is 20.2 Å². The van der Waals surface area contributed by atoms with Crippen LogP contribution in [0.5, 0.6) is 0 Å². The van der Waals surface area contributed by atoms with Crippen molar-refractivity contribution in [2.45, 2.75) is 18.9 Å². The Labute approximate surface area is 95.2 Å². The standard InChI is InChI=1S/C10H19N3O3/c1-12(2)5-6-13(7-9(14)15)10(16)11-8-3-4-8/h8H,3-7H2,1-2H3,(H,11,16)(H,14,15). The van der Waals surface area contributed by atoms with Gasteiger partial charge in [0.25, 0.3) is 0 Å². The predicted molar refractivity (Wildman–Crippen MR) is 59.3 cm³/mol. The molecule has 0 spiro atoms. The third-order valence-corrected chi connectivity index (χ3v) is 2.34. The van der Waals surface area contributed by atoms with Crippen LogP contribution in [0.1, 0.15) is 12.8 Å². The molecule has 1 fully saturated rings. The summed E-state index contributed by atoms with van der Waals surface area (Å²) in [5, 5.41) is 11.5. The summed E-state index contributed by atoms with van der Waals surface area (Å²) in [5.74, 6) is -0.982. The molecule has 0 radical (unpaired) electrons. The van der Waals surface area contributed by atoms with Crippen molar-refractivity contribution in [2.75, 3.05) is 33.7 Å². The number of aliphatic carboxylic acids is 1. The summed E-state index contributed by atoms with van der Waals surface area (Å²) < 4.78 is 0. The van der Waals surface area contributed by atoms with Crippen LogP contribution in [-0.4, -0.2) is 66.7 Å². The van der Waals surface area contributed by atoms with Gasteiger partial charge in [-0.05, 0) is 26.9 Å². The lowest BCUT2D eigenvalue weighted by Gasteiger charge is -2.22. The van der Waals surface area contributed by atoms with Gasteiger partial charge in [-0.1, -0.05) is 0 Å². The minimum Gasteiger partial charge on any atom is -0.480 e. The SMILES string of the molecule is CN(C)CCN(CC(=O)O)C(=O)NC1CC1. The van der Waals surface area contributed by atoms with E-state index in [2.05, 4.69) is 5.32 Å². The van der Waals surface area contributed by atoms with Crippen LogP contribution in [0.4, 0.5) is 4.79 Å². The first-order chi connectivity index (χ1) is 7.49. The highest BCUT2D eigenvalue weighted by Crippen LogP contribution is 2.18. The molecule has 0 aliphatic heterocycles. The van der Waals surface area contributed by atoms with E-state index in [0.29, 0.717) is 13.1 Å². The average Bonchev–Trinajstić information content (AvgIpc) is 2.94. The Hall–Kier alpha value is -1.30. The molecule has 0 unspecified atom stereocenters. The molecule has 1 rings (SSSR count). The molecule has 0 atom stereocenters. The van der Waals surface area contributed by atoms with Crippen molar-refractivity contribution < 1.29 is 14.7 Å². The van der Waals surface area contributed by atoms with Crippen LogP contribution in [-0.2, 0) is 4.79 Å². The van der Waals surface area contributed by atoms with E-state index in [0.717, 1.165) is 12.8 Å². The minimum absolute atomic E-state index is 0.244. The first-order valence-electron chi connectivity index (χ1n) is 5.41. The van der Waals surface area contributed by atoms with Gasteiger partial charge in [0.05, 0.1) is 0 Å². The second-order valence-electron chi connectivity index (χ2n) is 4.34. The molecular formula is C10H19N3O3. The quantitative estimate of drug-likeness (QED) is 0.662. The number of hydrogen-bond acceptors (Lipinski definition) is 3. The van der Waals surface area contributed by atoms with E-state index < -0.39 is 5.97 Å². The van der Waals surface area contributed by atoms with E-state index in [4.69, 9.17) is 5.11 Å². The molecule has 2 amide bonds. The van der Waals surface area contributed by atoms with Crippen molar-refractivity contribution in [3.05, 3.63) is 0 Å². The summed E-state index contributed by atoms with van der Waals surface area (Å²) in [6.45, 7) is 0.843. The molecule has 92 valence electrons. The smallest absolute Gasteiger partial charge is 0.323 e. The van der Waals surface area contributed by atoms with E-state index >= 15 is 0 Å². The fourth-order valence-electron chi connectivity index (χ4n) is 1.23. The first kappa shape index (κ1) is 12.8. The molecule has 0 aromatic heterocycles. The number of carbonyl (C=O) groups excluding carboxylic acids is 1. The molecular weight excluding hydrogens is 210 g/mol. The zero-order valence-corrected chi connectivity index (χ0v) is 9.77. The molecule has 1 saturated carbocycles. The number of nitrogens with zero attached hydrogens (tertiary/aromatic N) is 2. The van der Waals surface area contributed by atoms with Gasteiger partial charge in [-0.15, -0.1) is 0 Å². The second-order valence-corrected chi connectivity index (χ2v) is 4.34. The molecule has 0 saturated heterocycles. The molecule has 0 heterocycles. The monoisotopic (exact) mass is 229 g/mol. The van der Waals surface area contributed by atoms with Gasteiger partial charge in [-0.25, -0.2) is 4.79 Å². The van der Waals surface area contributed by atoms with Crippen LogP contribution in [0.15, 0.2) is 0 Å². The minimum atomic E-state index is -0.982. The summed E-state index contributed by atoms with van der Waals surface area (Å²) in [4.78, 5) is 25.5. The zero-order valence-electron chi connectivity index (χ0n) is 9.77. The summed E-state index contributed by atoms with van der Waals surface area (Å²) in [6, 6.07) is -0.0186. The zero-order chi connectivity index (χ0) is 12.1. The maximum Gasteiger partial charge on any atom is 0.323 e. The lowest BCUT2D eigenvalue weighted by atomic mass is 10.4. The Bertz CT molecular complexity index is 264. The highest BCUT2D eigenvalue weighted by atomic mass is 16.4. The number of carboxylic acids is 1. The number of hydrogen-bond donors (Lipinski definition) is 2. The largest absolute Gasteiger partial charge is 0.480 e. The Morgan fingerprint density at radius 2 is 1.94 bits per heavy atom. The van der Waals surface area contributed by atoms with E-state index in [9.17, 15) is 9.59 Å². The van der Waals surface area contributed by atoms with E-state index in [1.165, 1.54) is 4.90 Å². The molecule has 16 heavy (non-hydrogen) atoms. The van der Waals surface area contributed by atoms with Gasteiger partial charge in [0, 0.05) is 19.1 Å². The van der Waals surface area contributed by atoms with Crippen molar-refractivity contribution in [1.82, 2.24) is 15.1 Å². The number of amides is 2. The van der Waals surface area contributed by atoms with Crippen LogP contribution in [0.3, 0.4) is 0 Å². The van der Waals surface area contributed by atoms with Crippen molar-refractivity contribution in [2.24, 2.45) is 0 Å². The highest BCUT2D eigenvalue weighted by Gasteiger charge is 2.26. The maximum absolute atomic E-state index is 11.7. The number of rotatable bonds is 6. The second kappa shape index (κ2) is 5.69. The number of urea groups is 1. The molecule has 0 bridgehead atoms. The van der Waals surface area contributed by atoms with Crippen molar-refractivity contribution >= 4 is 12.0 Å². The normalized spacial score (nSPS) is 14.9. The van der Waals surface area contributed by atoms with Crippen molar-refractivity contribution in [1.29, 1.82) is 0 Å². The summed E-state index contributed by atoms with van der Waals surface area (Å²) in [7, 11) is 3.77. The molecule has 1 aliphatic carbocycles. The average molecular weight is 229 g/mol. The van der Waals surface area contributed by atoms with E-state index in [1.54, 1.807) is 0 Å². The van der Waals surface area contributed by atoms with Crippen LogP contribution in [0.25, 0.3) is 0 Å². The fourth-order valence-corrected chi connectivity index (χ4v) is 1.23. The topological polar surface area (TPSA) is 72.9 Å². The summed E-state index contributed by atoms with van der Waals surface area (Å²) in [5.41, 5.74) is 0. The summed E-state index contributed by atoms with van der Waals surface area (Å²) in [6.07, 6.45) is 2.00. The third-order valence-electron chi connectivity index (χ3n) is 2.34. The van der Waals surface area contributed by atoms with E-state index in [1.807, 2.05) is 19.0 Å². The summed E-state index contributed by atoms with van der Waals surface area (Å²) >= 11 is 0. The molecule has 6 heteroatoms. The number of carboxylic acid groups (broad SMARTS) is 1.